The number of aromatic nitrogens is 5. The van der Waals surface area contributed by atoms with Crippen LogP contribution in [0.1, 0.15) is 11.4 Å². The first-order valence-corrected chi connectivity index (χ1v) is 10.2. The highest BCUT2D eigenvalue weighted by atomic mass is 16.2. The maximum atomic E-state index is 12.9. The number of nitrogens with zero attached hydrogens (tertiary/aromatic N) is 5. The van der Waals surface area contributed by atoms with E-state index in [1.807, 2.05) is 60.7 Å². The van der Waals surface area contributed by atoms with Gasteiger partial charge in [0.05, 0.1) is 47.2 Å². The van der Waals surface area contributed by atoms with Crippen LogP contribution < -0.4 is 10.9 Å². The number of nitrogens with one attached hydrogen (secondary N) is 1. The molecule has 0 radical (unpaired) electrons. The van der Waals surface area contributed by atoms with Crippen LogP contribution in [-0.2, 0) is 24.4 Å². The molecule has 3 aromatic heterocycles. The molecule has 0 fully saturated rings. The number of hydrogen-bond acceptors (Lipinski definition) is 5. The second-order valence-electron chi connectivity index (χ2n) is 7.41. The number of fused-ring (bicyclic) bond motifs is 2. The van der Waals surface area contributed by atoms with Gasteiger partial charge in [0, 0.05) is 11.6 Å². The molecule has 1 N–H and O–H groups in total. The van der Waals surface area contributed by atoms with Crippen molar-refractivity contribution in [2.45, 2.75) is 19.6 Å². The van der Waals surface area contributed by atoms with Crippen LogP contribution >= 0.6 is 0 Å². The predicted octanol–water partition coefficient (Wildman–Crippen LogP) is 2.51. The Bertz CT molecular complexity index is 1470. The molecule has 5 aromatic rings. The maximum Gasteiger partial charge on any atom is 0.275 e. The molecule has 3 heterocycles. The average molecular weight is 424 g/mol. The molecule has 0 spiro atoms. The van der Waals surface area contributed by atoms with Crippen molar-refractivity contribution >= 4 is 27.7 Å². The lowest BCUT2D eigenvalue weighted by Crippen LogP contribution is -2.30. The van der Waals surface area contributed by atoms with Gasteiger partial charge in [-0.05, 0) is 30.3 Å². The Labute approximate surface area is 183 Å². The summed E-state index contributed by atoms with van der Waals surface area (Å²) in [6.07, 6.45) is 3.34. The highest BCUT2D eigenvalue weighted by molar-refractivity contribution is 5.84. The van der Waals surface area contributed by atoms with E-state index in [4.69, 9.17) is 0 Å². The molecular weight excluding hydrogens is 404 g/mol. The Morgan fingerprint density at radius 2 is 1.69 bits per heavy atom. The molecule has 0 atom stereocenters. The lowest BCUT2D eigenvalue weighted by Gasteiger charge is -2.12. The lowest BCUT2D eigenvalue weighted by atomic mass is 10.1. The van der Waals surface area contributed by atoms with Crippen molar-refractivity contribution in [2.24, 2.45) is 0 Å². The quantitative estimate of drug-likeness (QED) is 0.452. The molecule has 0 saturated carbocycles. The van der Waals surface area contributed by atoms with Crippen molar-refractivity contribution in [3.05, 3.63) is 101 Å². The first-order chi connectivity index (χ1) is 15.7. The highest BCUT2D eigenvalue weighted by Crippen LogP contribution is 2.14. The minimum Gasteiger partial charge on any atom is -0.349 e. The van der Waals surface area contributed by atoms with E-state index in [0.29, 0.717) is 11.1 Å². The Morgan fingerprint density at radius 1 is 0.906 bits per heavy atom. The summed E-state index contributed by atoms with van der Waals surface area (Å²) in [5, 5.41) is 8.75. The molecule has 0 saturated heterocycles. The van der Waals surface area contributed by atoms with Crippen LogP contribution in [0.25, 0.3) is 21.8 Å². The fraction of sp³-hybridized carbons (Fsp3) is 0.125. The third kappa shape index (κ3) is 3.85. The molecule has 0 bridgehead atoms. The number of rotatable bonds is 6. The zero-order valence-corrected chi connectivity index (χ0v) is 17.2. The fourth-order valence-electron chi connectivity index (χ4n) is 3.72. The van der Waals surface area contributed by atoms with Gasteiger partial charge < -0.3 is 9.88 Å². The first kappa shape index (κ1) is 19.6. The van der Waals surface area contributed by atoms with E-state index in [0.717, 1.165) is 22.1 Å². The van der Waals surface area contributed by atoms with Gasteiger partial charge in [0.25, 0.3) is 5.56 Å². The van der Waals surface area contributed by atoms with Gasteiger partial charge in [-0.3, -0.25) is 14.6 Å². The molecule has 1 amide bonds. The lowest BCUT2D eigenvalue weighted by molar-refractivity contribution is -0.121. The largest absolute Gasteiger partial charge is 0.349 e. The van der Waals surface area contributed by atoms with Crippen LogP contribution in [0.5, 0.6) is 0 Å². The van der Waals surface area contributed by atoms with Crippen LogP contribution in [0, 0.1) is 0 Å². The molecule has 8 nitrogen and oxygen atoms in total. The van der Waals surface area contributed by atoms with Crippen LogP contribution in [0.15, 0.2) is 84.0 Å². The van der Waals surface area contributed by atoms with Crippen molar-refractivity contribution in [3.8, 4) is 0 Å². The van der Waals surface area contributed by atoms with Gasteiger partial charge >= 0.3 is 0 Å². The normalized spacial score (nSPS) is 11.1. The second kappa shape index (κ2) is 8.43. The third-order valence-corrected chi connectivity index (χ3v) is 5.28. The van der Waals surface area contributed by atoms with Gasteiger partial charge in [-0.15, -0.1) is 0 Å². The standard InChI is InChI=1S/C24H20N6O2/c31-23(15-29-16-27-20-10-3-4-11-22(20)29)26-13-21-18-8-1-2-9-19(18)24(32)30(28-21)14-17-7-5-6-12-25-17/h1-12,16H,13-15H2,(H,26,31). The van der Waals surface area contributed by atoms with Crippen molar-refractivity contribution in [1.82, 2.24) is 29.6 Å². The SMILES string of the molecule is O=C(Cn1cnc2ccccc21)NCc1nn(Cc2ccccn2)c(=O)c2ccccc12. The Kier molecular flexibility index (Phi) is 5.17. The number of para-hydroxylation sites is 2. The van der Waals surface area contributed by atoms with E-state index in [1.54, 1.807) is 23.2 Å². The van der Waals surface area contributed by atoms with E-state index >= 15 is 0 Å². The number of amides is 1. The molecule has 8 heteroatoms. The van der Waals surface area contributed by atoms with Gasteiger partial charge in [0.15, 0.2) is 0 Å². The Morgan fingerprint density at radius 3 is 2.53 bits per heavy atom. The summed E-state index contributed by atoms with van der Waals surface area (Å²) in [5.41, 5.74) is 2.91. The topological polar surface area (TPSA) is 94.7 Å². The van der Waals surface area contributed by atoms with Crippen LogP contribution in [0.2, 0.25) is 0 Å². The molecule has 158 valence electrons. The number of carbonyl (C=O) groups excluding carboxylic acids is 1. The molecule has 0 aliphatic carbocycles. The number of imidazole rings is 1. The van der Waals surface area contributed by atoms with Gasteiger partial charge in [0.1, 0.15) is 6.54 Å². The van der Waals surface area contributed by atoms with Crippen LogP contribution in [-0.4, -0.2) is 30.2 Å². The number of carbonyl (C=O) groups is 1. The fourth-order valence-corrected chi connectivity index (χ4v) is 3.72. The Balaban J connectivity index is 1.40. The van der Waals surface area contributed by atoms with Gasteiger partial charge in [0.2, 0.25) is 5.91 Å². The molecule has 0 aliphatic heterocycles. The van der Waals surface area contributed by atoms with E-state index in [1.165, 1.54) is 4.68 Å². The van der Waals surface area contributed by atoms with Crippen LogP contribution in [0.3, 0.4) is 0 Å². The van der Waals surface area contributed by atoms with Gasteiger partial charge in [-0.1, -0.05) is 36.4 Å². The van der Waals surface area contributed by atoms with Gasteiger partial charge in [-0.25, -0.2) is 9.67 Å². The molecule has 0 unspecified atom stereocenters. The first-order valence-electron chi connectivity index (χ1n) is 10.2. The maximum absolute atomic E-state index is 12.9. The predicted molar refractivity (Wildman–Crippen MR) is 121 cm³/mol. The zero-order chi connectivity index (χ0) is 21.9. The number of benzene rings is 2. The van der Waals surface area contributed by atoms with E-state index in [2.05, 4.69) is 20.4 Å². The van der Waals surface area contributed by atoms with Crippen molar-refractivity contribution in [3.63, 3.8) is 0 Å². The summed E-state index contributed by atoms with van der Waals surface area (Å²) in [4.78, 5) is 34.2. The van der Waals surface area contributed by atoms with E-state index < -0.39 is 0 Å². The molecule has 5 rings (SSSR count). The molecular formula is C24H20N6O2. The van der Waals surface area contributed by atoms with Crippen LogP contribution in [0.4, 0.5) is 0 Å². The zero-order valence-electron chi connectivity index (χ0n) is 17.2. The summed E-state index contributed by atoms with van der Waals surface area (Å²) in [7, 11) is 0. The van der Waals surface area contributed by atoms with Crippen molar-refractivity contribution < 1.29 is 4.79 Å². The summed E-state index contributed by atoms with van der Waals surface area (Å²) >= 11 is 0. The third-order valence-electron chi connectivity index (χ3n) is 5.28. The van der Waals surface area contributed by atoms with Crippen molar-refractivity contribution in [2.75, 3.05) is 0 Å². The molecule has 0 aliphatic rings. The summed E-state index contributed by atoms with van der Waals surface area (Å²) in [6, 6.07) is 20.5. The molecule has 2 aromatic carbocycles. The van der Waals surface area contributed by atoms with Gasteiger partial charge in [-0.2, -0.15) is 5.10 Å². The average Bonchev–Trinajstić information content (AvgIpc) is 3.23. The smallest absolute Gasteiger partial charge is 0.275 e. The van der Waals surface area contributed by atoms with Crippen molar-refractivity contribution in [1.29, 1.82) is 0 Å². The highest BCUT2D eigenvalue weighted by Gasteiger charge is 2.13. The van der Waals surface area contributed by atoms with E-state index in [9.17, 15) is 9.59 Å². The van der Waals surface area contributed by atoms with E-state index in [-0.39, 0.29) is 31.1 Å². The summed E-state index contributed by atoms with van der Waals surface area (Å²) in [6.45, 7) is 0.604. The second-order valence-corrected chi connectivity index (χ2v) is 7.41. The monoisotopic (exact) mass is 424 g/mol. The summed E-state index contributed by atoms with van der Waals surface area (Å²) < 4.78 is 3.20. The molecule has 32 heavy (non-hydrogen) atoms. The minimum atomic E-state index is -0.189. The minimum absolute atomic E-state index is 0.145. The summed E-state index contributed by atoms with van der Waals surface area (Å²) in [5.74, 6) is -0.165. The number of hydrogen-bond donors (Lipinski definition) is 1. The Hall–Kier alpha value is -4.33. The number of pyridine rings is 1.